The van der Waals surface area contributed by atoms with Crippen molar-refractivity contribution in [1.29, 1.82) is 0 Å². The van der Waals surface area contributed by atoms with Crippen LogP contribution in [0.2, 0.25) is 0 Å². The Morgan fingerprint density at radius 2 is 1.75 bits per heavy atom. The molecule has 20 heavy (non-hydrogen) atoms. The second-order valence-electron chi connectivity index (χ2n) is 5.04. The molecule has 4 heteroatoms. The van der Waals surface area contributed by atoms with Gasteiger partial charge in [-0.3, -0.25) is 0 Å². The fourth-order valence-corrected chi connectivity index (χ4v) is 3.80. The fraction of sp³-hybridized carbons (Fsp3) is 0.250. The topological polar surface area (TPSA) is 60.2 Å². The number of sulfone groups is 1. The van der Waals surface area contributed by atoms with Gasteiger partial charge >= 0.3 is 0 Å². The lowest BCUT2D eigenvalue weighted by molar-refractivity contribution is 0.594. The van der Waals surface area contributed by atoms with E-state index >= 15 is 0 Å². The maximum absolute atomic E-state index is 12.4. The van der Waals surface area contributed by atoms with Gasteiger partial charge < -0.3 is 5.73 Å². The summed E-state index contributed by atoms with van der Waals surface area (Å²) in [7, 11) is -3.28. The van der Waals surface area contributed by atoms with E-state index in [1.165, 1.54) is 0 Å². The summed E-state index contributed by atoms with van der Waals surface area (Å²) in [6, 6.07) is 12.8. The van der Waals surface area contributed by atoms with Crippen LogP contribution in [0.3, 0.4) is 0 Å². The molecule has 0 atom stereocenters. The van der Waals surface area contributed by atoms with Crippen LogP contribution in [-0.2, 0) is 16.3 Å². The molecule has 0 heterocycles. The monoisotopic (exact) mass is 289 g/mol. The minimum Gasteiger partial charge on any atom is -0.399 e. The molecule has 2 aromatic rings. The van der Waals surface area contributed by atoms with Crippen molar-refractivity contribution < 1.29 is 8.42 Å². The molecule has 106 valence electrons. The molecule has 0 aromatic heterocycles. The summed E-state index contributed by atoms with van der Waals surface area (Å²) >= 11 is 0. The lowest BCUT2D eigenvalue weighted by atomic mass is 10.1. The van der Waals surface area contributed by atoms with Gasteiger partial charge in [0.15, 0.2) is 9.84 Å². The first-order valence-corrected chi connectivity index (χ1v) is 8.19. The lowest BCUT2D eigenvalue weighted by Crippen LogP contribution is -2.11. The van der Waals surface area contributed by atoms with Gasteiger partial charge in [0.1, 0.15) is 0 Å². The Kier molecular flexibility index (Phi) is 4.14. The molecule has 0 fully saturated rings. The fourth-order valence-electron chi connectivity index (χ4n) is 2.26. The highest BCUT2D eigenvalue weighted by Gasteiger charge is 2.17. The van der Waals surface area contributed by atoms with Crippen LogP contribution in [0.1, 0.15) is 16.7 Å². The second-order valence-corrected chi connectivity index (χ2v) is 7.11. The van der Waals surface area contributed by atoms with Gasteiger partial charge in [-0.1, -0.05) is 35.9 Å². The number of nitrogen functional groups attached to an aromatic ring is 1. The van der Waals surface area contributed by atoms with Crippen LogP contribution in [-0.4, -0.2) is 14.2 Å². The molecular formula is C16H19NO2S. The van der Waals surface area contributed by atoms with E-state index < -0.39 is 9.84 Å². The van der Waals surface area contributed by atoms with E-state index in [0.29, 0.717) is 17.0 Å². The number of rotatable bonds is 4. The summed E-state index contributed by atoms with van der Waals surface area (Å²) in [5.41, 5.74) is 9.22. The second kappa shape index (κ2) is 5.67. The molecule has 0 saturated heterocycles. The van der Waals surface area contributed by atoms with Gasteiger partial charge in [-0.25, -0.2) is 8.42 Å². The highest BCUT2D eigenvalue weighted by Crippen LogP contribution is 2.20. The third-order valence-electron chi connectivity index (χ3n) is 3.36. The van der Waals surface area contributed by atoms with E-state index in [-0.39, 0.29) is 5.75 Å². The SMILES string of the molecule is Cc1ccc(S(=O)(=O)CCc2ccccc2N)c(C)c1. The Bertz CT molecular complexity index is 721. The van der Waals surface area contributed by atoms with E-state index in [1.807, 2.05) is 44.2 Å². The largest absolute Gasteiger partial charge is 0.399 e. The van der Waals surface area contributed by atoms with Crippen LogP contribution < -0.4 is 5.73 Å². The third-order valence-corrected chi connectivity index (χ3v) is 5.23. The molecule has 0 aliphatic carbocycles. The van der Waals surface area contributed by atoms with Gasteiger partial charge in [0.25, 0.3) is 0 Å². The van der Waals surface area contributed by atoms with Crippen LogP contribution in [0.5, 0.6) is 0 Å². The summed E-state index contributed by atoms with van der Waals surface area (Å²) in [5.74, 6) is 0.0745. The summed E-state index contributed by atoms with van der Waals surface area (Å²) in [6.45, 7) is 3.78. The van der Waals surface area contributed by atoms with Crippen LogP contribution in [0.4, 0.5) is 5.69 Å². The first-order chi connectivity index (χ1) is 9.40. The van der Waals surface area contributed by atoms with Gasteiger partial charge in [0, 0.05) is 5.69 Å². The van der Waals surface area contributed by atoms with E-state index in [1.54, 1.807) is 12.1 Å². The predicted molar refractivity (Wildman–Crippen MR) is 82.5 cm³/mol. The Balaban J connectivity index is 2.22. The van der Waals surface area contributed by atoms with Crippen LogP contribution in [0.25, 0.3) is 0 Å². The first kappa shape index (κ1) is 14.6. The number of nitrogens with two attached hydrogens (primary N) is 1. The van der Waals surface area contributed by atoms with Crippen molar-refractivity contribution in [1.82, 2.24) is 0 Å². The van der Waals surface area contributed by atoms with E-state index in [4.69, 9.17) is 5.73 Å². The minimum absolute atomic E-state index is 0.0745. The highest BCUT2D eigenvalue weighted by molar-refractivity contribution is 7.91. The third kappa shape index (κ3) is 3.20. The zero-order valence-corrected chi connectivity index (χ0v) is 12.6. The van der Waals surface area contributed by atoms with Crippen molar-refractivity contribution >= 4 is 15.5 Å². The Morgan fingerprint density at radius 1 is 1.05 bits per heavy atom. The minimum atomic E-state index is -3.28. The van der Waals surface area contributed by atoms with Crippen LogP contribution in [0.15, 0.2) is 47.4 Å². The van der Waals surface area contributed by atoms with Gasteiger partial charge in [-0.15, -0.1) is 0 Å². The van der Waals surface area contributed by atoms with Gasteiger partial charge in [-0.2, -0.15) is 0 Å². The smallest absolute Gasteiger partial charge is 0.178 e. The zero-order chi connectivity index (χ0) is 14.8. The van der Waals surface area contributed by atoms with E-state index in [9.17, 15) is 8.42 Å². The normalized spacial score (nSPS) is 11.5. The van der Waals surface area contributed by atoms with Gasteiger partial charge in [0.2, 0.25) is 0 Å². The average molecular weight is 289 g/mol. The number of anilines is 1. The molecule has 0 radical (unpaired) electrons. The summed E-state index contributed by atoms with van der Waals surface area (Å²) in [5, 5.41) is 0. The summed E-state index contributed by atoms with van der Waals surface area (Å²) < 4.78 is 24.8. The number of aryl methyl sites for hydroxylation is 3. The van der Waals surface area contributed by atoms with Crippen molar-refractivity contribution in [2.75, 3.05) is 11.5 Å². The maximum Gasteiger partial charge on any atom is 0.178 e. The highest BCUT2D eigenvalue weighted by atomic mass is 32.2. The Morgan fingerprint density at radius 3 is 2.40 bits per heavy atom. The molecule has 2 rings (SSSR count). The molecule has 0 bridgehead atoms. The van der Waals surface area contributed by atoms with E-state index in [2.05, 4.69) is 0 Å². The molecule has 0 unspecified atom stereocenters. The molecule has 0 aliphatic rings. The van der Waals surface area contributed by atoms with Crippen molar-refractivity contribution in [2.45, 2.75) is 25.2 Å². The average Bonchev–Trinajstić information content (AvgIpc) is 2.37. The number of benzene rings is 2. The Labute approximate surface area is 120 Å². The molecule has 3 nitrogen and oxygen atoms in total. The molecule has 0 saturated carbocycles. The summed E-state index contributed by atoms with van der Waals surface area (Å²) in [4.78, 5) is 0.414. The zero-order valence-electron chi connectivity index (χ0n) is 11.8. The molecule has 0 spiro atoms. The molecule has 2 aromatic carbocycles. The van der Waals surface area contributed by atoms with Crippen molar-refractivity contribution in [3.8, 4) is 0 Å². The standard InChI is InChI=1S/C16H19NO2S/c1-12-7-8-16(13(2)11-12)20(18,19)10-9-14-5-3-4-6-15(14)17/h3-8,11H,9-10,17H2,1-2H3. The number of para-hydroxylation sites is 1. The Hall–Kier alpha value is -1.81. The molecule has 0 amide bonds. The number of hydrogen-bond donors (Lipinski definition) is 1. The van der Waals surface area contributed by atoms with Gasteiger partial charge in [-0.05, 0) is 43.5 Å². The van der Waals surface area contributed by atoms with Crippen molar-refractivity contribution in [3.05, 3.63) is 59.2 Å². The quantitative estimate of drug-likeness (QED) is 0.880. The van der Waals surface area contributed by atoms with Crippen LogP contribution >= 0.6 is 0 Å². The van der Waals surface area contributed by atoms with E-state index in [0.717, 1.165) is 16.7 Å². The van der Waals surface area contributed by atoms with Crippen molar-refractivity contribution in [2.24, 2.45) is 0 Å². The van der Waals surface area contributed by atoms with Crippen LogP contribution in [0, 0.1) is 13.8 Å². The summed E-state index contributed by atoms with van der Waals surface area (Å²) in [6.07, 6.45) is 0.433. The van der Waals surface area contributed by atoms with Crippen molar-refractivity contribution in [3.63, 3.8) is 0 Å². The molecule has 0 aliphatic heterocycles. The first-order valence-electron chi connectivity index (χ1n) is 6.53. The molecule has 2 N–H and O–H groups in total. The maximum atomic E-state index is 12.4. The lowest BCUT2D eigenvalue weighted by Gasteiger charge is -2.09. The molecular weight excluding hydrogens is 270 g/mol. The van der Waals surface area contributed by atoms with Gasteiger partial charge in [0.05, 0.1) is 10.6 Å². The number of hydrogen-bond acceptors (Lipinski definition) is 3. The predicted octanol–water partition coefficient (Wildman–Crippen LogP) is 2.90.